The molecule has 0 bridgehead atoms. The molecule has 0 aromatic heterocycles. The molecule has 2 aromatic carbocycles. The van der Waals surface area contributed by atoms with Crippen molar-refractivity contribution in [3.8, 4) is 0 Å². The molecule has 2 aromatic rings. The summed E-state index contributed by atoms with van der Waals surface area (Å²) in [5.74, 6) is -0.106. The van der Waals surface area contributed by atoms with Crippen molar-refractivity contribution in [2.24, 2.45) is 11.7 Å². The lowest BCUT2D eigenvalue weighted by Crippen LogP contribution is -2.54. The van der Waals surface area contributed by atoms with E-state index in [0.29, 0.717) is 17.9 Å². The van der Waals surface area contributed by atoms with Gasteiger partial charge in [0, 0.05) is 23.5 Å². The van der Waals surface area contributed by atoms with Crippen molar-refractivity contribution in [3.63, 3.8) is 0 Å². The van der Waals surface area contributed by atoms with Crippen LogP contribution in [0, 0.1) is 12.8 Å². The highest BCUT2D eigenvalue weighted by Gasteiger charge is 2.31. The quantitative estimate of drug-likeness (QED) is 0.161. The third kappa shape index (κ3) is 12.9. The number of hydrogen-bond donors (Lipinski definition) is 5. The number of nitrogens with one attached hydrogen (secondary N) is 4. The van der Waals surface area contributed by atoms with Gasteiger partial charge in [-0.15, -0.1) is 0 Å². The Morgan fingerprint density at radius 2 is 1.76 bits per heavy atom. The van der Waals surface area contributed by atoms with Crippen LogP contribution in [0.15, 0.2) is 48.5 Å². The molecule has 9 heteroatoms. The Morgan fingerprint density at radius 3 is 2.40 bits per heavy atom. The van der Waals surface area contributed by atoms with E-state index in [0.717, 1.165) is 57.3 Å². The monoisotopic (exact) mass is 599 g/mol. The van der Waals surface area contributed by atoms with E-state index in [9.17, 15) is 14.4 Å². The molecule has 0 aliphatic heterocycles. The van der Waals surface area contributed by atoms with E-state index >= 15 is 0 Å². The van der Waals surface area contributed by atoms with Crippen molar-refractivity contribution in [2.75, 3.05) is 13.1 Å². The normalized spacial score (nSPS) is 17.8. The van der Waals surface area contributed by atoms with Crippen molar-refractivity contribution in [2.45, 2.75) is 96.8 Å². The first kappa shape index (κ1) is 35.3. The second kappa shape index (κ2) is 19.3. The van der Waals surface area contributed by atoms with Gasteiger partial charge in [-0.1, -0.05) is 80.3 Å². The molecule has 42 heavy (non-hydrogen) atoms. The molecule has 1 aliphatic rings. The van der Waals surface area contributed by atoms with E-state index in [1.54, 1.807) is 6.92 Å². The fourth-order valence-electron chi connectivity index (χ4n) is 5.07. The van der Waals surface area contributed by atoms with Gasteiger partial charge in [0.25, 0.3) is 0 Å². The number of halogens is 1. The molecule has 8 nitrogen and oxygen atoms in total. The molecule has 1 saturated carbocycles. The van der Waals surface area contributed by atoms with Gasteiger partial charge in [-0.2, -0.15) is 0 Å². The molecule has 0 spiro atoms. The molecule has 0 saturated heterocycles. The summed E-state index contributed by atoms with van der Waals surface area (Å²) >= 11 is 6.17. The van der Waals surface area contributed by atoms with Crippen LogP contribution < -0.4 is 27.0 Å². The predicted molar refractivity (Wildman–Crippen MR) is 171 cm³/mol. The summed E-state index contributed by atoms with van der Waals surface area (Å²) in [6.07, 6.45) is 6.13. The lowest BCUT2D eigenvalue weighted by molar-refractivity contribution is -0.131. The standard InChI is InChI=1S/C22H32ClN3O3.C11H18N2/c1-14(2)11-20(26-21(28)15(3)24-13-27)22(29)25-19-10-5-4-9-18(19)16-7-6-8-17(23)12-16;1-10-3-5-11(6-4-10)9-13-8-2-7-12/h6-8,12-15,18-20H,4-5,9-11H2,1-3H3,(H,24,27)(H,25,29)(H,26,28);3-6,13H,2,7-9,12H2,1H3/t15?,18?,19-,20+;/m1./s1. The largest absolute Gasteiger partial charge is 0.351 e. The topological polar surface area (TPSA) is 125 Å². The van der Waals surface area contributed by atoms with Crippen LogP contribution in [0.5, 0.6) is 0 Å². The van der Waals surface area contributed by atoms with E-state index < -0.39 is 12.1 Å². The van der Waals surface area contributed by atoms with E-state index in [-0.39, 0.29) is 29.7 Å². The van der Waals surface area contributed by atoms with Crippen LogP contribution in [-0.2, 0) is 20.9 Å². The maximum absolute atomic E-state index is 13.1. The van der Waals surface area contributed by atoms with E-state index in [4.69, 9.17) is 17.3 Å². The van der Waals surface area contributed by atoms with Gasteiger partial charge in [-0.25, -0.2) is 0 Å². The van der Waals surface area contributed by atoms with Gasteiger partial charge in [0.2, 0.25) is 18.2 Å². The van der Waals surface area contributed by atoms with Gasteiger partial charge in [0.15, 0.2) is 0 Å². The fourth-order valence-corrected chi connectivity index (χ4v) is 5.26. The highest BCUT2D eigenvalue weighted by atomic mass is 35.5. The summed E-state index contributed by atoms with van der Waals surface area (Å²) in [5.41, 5.74) is 9.17. The number of hydrogen-bond acceptors (Lipinski definition) is 5. The van der Waals surface area contributed by atoms with Crippen LogP contribution in [0.25, 0.3) is 0 Å². The van der Waals surface area contributed by atoms with Crippen LogP contribution in [0.3, 0.4) is 0 Å². The van der Waals surface area contributed by atoms with Crippen LogP contribution >= 0.6 is 11.6 Å². The van der Waals surface area contributed by atoms with Gasteiger partial charge in [0.1, 0.15) is 12.1 Å². The van der Waals surface area contributed by atoms with Crippen molar-refractivity contribution < 1.29 is 14.4 Å². The van der Waals surface area contributed by atoms with E-state index in [2.05, 4.69) is 58.5 Å². The van der Waals surface area contributed by atoms with E-state index in [1.807, 2.05) is 32.0 Å². The summed E-state index contributed by atoms with van der Waals surface area (Å²) < 4.78 is 0. The highest BCUT2D eigenvalue weighted by Crippen LogP contribution is 2.34. The minimum absolute atomic E-state index is 0.00630. The molecular weight excluding hydrogens is 550 g/mol. The zero-order chi connectivity index (χ0) is 30.9. The maximum atomic E-state index is 13.1. The third-order valence-corrected chi connectivity index (χ3v) is 7.66. The smallest absolute Gasteiger partial charge is 0.242 e. The Kier molecular flexibility index (Phi) is 16.2. The zero-order valence-corrected chi connectivity index (χ0v) is 26.4. The summed E-state index contributed by atoms with van der Waals surface area (Å²) in [6, 6.07) is 15.1. The van der Waals surface area contributed by atoms with Crippen LogP contribution in [-0.4, -0.2) is 49.4 Å². The molecular formula is C33H50ClN5O3. The lowest BCUT2D eigenvalue weighted by atomic mass is 9.80. The summed E-state index contributed by atoms with van der Waals surface area (Å²) in [4.78, 5) is 36.0. The second-order valence-corrected chi connectivity index (χ2v) is 12.0. The molecule has 2 unspecified atom stereocenters. The van der Waals surface area contributed by atoms with Crippen LogP contribution in [0.2, 0.25) is 5.02 Å². The number of rotatable bonds is 14. The minimum atomic E-state index is -0.691. The summed E-state index contributed by atoms with van der Waals surface area (Å²) in [7, 11) is 0. The predicted octanol–water partition coefficient (Wildman–Crippen LogP) is 4.58. The zero-order valence-electron chi connectivity index (χ0n) is 25.6. The third-order valence-electron chi connectivity index (χ3n) is 7.43. The molecule has 6 N–H and O–H groups in total. The first-order valence-corrected chi connectivity index (χ1v) is 15.5. The average molecular weight is 600 g/mol. The Balaban J connectivity index is 0.000000395. The number of amides is 3. The van der Waals surface area contributed by atoms with Gasteiger partial charge in [-0.05, 0) is 81.8 Å². The molecule has 3 amide bonds. The summed E-state index contributed by atoms with van der Waals surface area (Å²) in [5, 5.41) is 12.4. The molecule has 3 rings (SSSR count). The second-order valence-electron chi connectivity index (χ2n) is 11.6. The van der Waals surface area contributed by atoms with Gasteiger partial charge in [0.05, 0.1) is 0 Å². The van der Waals surface area contributed by atoms with Gasteiger partial charge in [-0.3, -0.25) is 14.4 Å². The molecule has 1 aliphatic carbocycles. The molecule has 1 fully saturated rings. The Bertz CT molecular complexity index is 1100. The number of carbonyl (C=O) groups is 3. The molecule has 0 heterocycles. The van der Waals surface area contributed by atoms with Crippen molar-refractivity contribution in [1.82, 2.24) is 21.3 Å². The Labute approximate surface area is 256 Å². The van der Waals surface area contributed by atoms with Gasteiger partial charge < -0.3 is 27.0 Å². The van der Waals surface area contributed by atoms with Crippen LogP contribution in [0.4, 0.5) is 0 Å². The first-order valence-electron chi connectivity index (χ1n) is 15.2. The van der Waals surface area contributed by atoms with Gasteiger partial charge >= 0.3 is 0 Å². The first-order chi connectivity index (χ1) is 20.1. The number of carbonyl (C=O) groups excluding carboxylic acids is 3. The maximum Gasteiger partial charge on any atom is 0.242 e. The number of aryl methyl sites for hydroxylation is 1. The van der Waals surface area contributed by atoms with E-state index in [1.165, 1.54) is 11.1 Å². The highest BCUT2D eigenvalue weighted by molar-refractivity contribution is 6.30. The lowest BCUT2D eigenvalue weighted by Gasteiger charge is -2.34. The molecule has 4 atom stereocenters. The number of nitrogens with two attached hydrogens (primary N) is 1. The summed E-state index contributed by atoms with van der Waals surface area (Å²) in [6.45, 7) is 10.4. The van der Waals surface area contributed by atoms with Crippen molar-refractivity contribution in [1.29, 1.82) is 0 Å². The minimum Gasteiger partial charge on any atom is -0.351 e. The Hall–Kier alpha value is -2.94. The van der Waals surface area contributed by atoms with Crippen molar-refractivity contribution >= 4 is 29.8 Å². The number of benzene rings is 2. The Morgan fingerprint density at radius 1 is 1.05 bits per heavy atom. The molecule has 0 radical (unpaired) electrons. The van der Waals surface area contributed by atoms with Crippen LogP contribution in [0.1, 0.15) is 81.9 Å². The van der Waals surface area contributed by atoms with Crippen molar-refractivity contribution in [3.05, 3.63) is 70.2 Å². The fraction of sp³-hybridized carbons (Fsp3) is 0.545. The average Bonchev–Trinajstić information content (AvgIpc) is 2.96. The molecule has 232 valence electrons. The SMILES string of the molecule is CC(C)C[C@H](NC(=O)C(C)NC=O)C(=O)N[C@@H]1CCCCC1c1cccc(Cl)c1.Cc1ccc(CNCCCN)cc1.